The van der Waals surface area contributed by atoms with E-state index in [1.807, 2.05) is 49.4 Å². The van der Waals surface area contributed by atoms with E-state index in [9.17, 15) is 5.11 Å². The summed E-state index contributed by atoms with van der Waals surface area (Å²) in [6.07, 6.45) is 0.546. The van der Waals surface area contributed by atoms with Gasteiger partial charge in [-0.25, -0.2) is 0 Å². The van der Waals surface area contributed by atoms with Crippen LogP contribution in [0.25, 0.3) is 0 Å². The maximum absolute atomic E-state index is 9.32. The molecule has 0 bridgehead atoms. The number of hydrogen-bond acceptors (Lipinski definition) is 4. The van der Waals surface area contributed by atoms with Gasteiger partial charge >= 0.3 is 0 Å². The Morgan fingerprint density at radius 1 is 1.14 bits per heavy atom. The Bertz CT molecular complexity index is 522. The second kappa shape index (κ2) is 7.86. The molecule has 0 spiro atoms. The molecule has 1 aromatic carbocycles. The molecule has 2 unspecified atom stereocenters. The van der Waals surface area contributed by atoms with Gasteiger partial charge in [0.15, 0.2) is 0 Å². The van der Waals surface area contributed by atoms with E-state index in [1.54, 1.807) is 0 Å². The van der Waals surface area contributed by atoms with Crippen molar-refractivity contribution >= 4 is 0 Å². The highest BCUT2D eigenvalue weighted by atomic mass is 16.6. The molecule has 1 heterocycles. The third-order valence-corrected chi connectivity index (χ3v) is 3.13. The normalized spacial score (nSPS) is 13.9. The number of hydrogen-bond donors (Lipinski definition) is 2. The summed E-state index contributed by atoms with van der Waals surface area (Å²) >= 11 is 0. The van der Waals surface area contributed by atoms with Crippen molar-refractivity contribution in [3.8, 4) is 11.7 Å². The van der Waals surface area contributed by atoms with Crippen LogP contribution in [0.4, 0.5) is 0 Å². The van der Waals surface area contributed by atoms with Gasteiger partial charge in [-0.2, -0.15) is 0 Å². The average Bonchev–Trinajstić information content (AvgIpc) is 2.86. The number of benzene rings is 1. The van der Waals surface area contributed by atoms with Gasteiger partial charge in [0.2, 0.25) is 0 Å². The summed E-state index contributed by atoms with van der Waals surface area (Å²) in [7, 11) is 0. The van der Waals surface area contributed by atoms with Crippen LogP contribution in [0.15, 0.2) is 46.9 Å². The molecule has 0 amide bonds. The van der Waals surface area contributed by atoms with Gasteiger partial charge in [-0.15, -0.1) is 0 Å². The van der Waals surface area contributed by atoms with E-state index in [-0.39, 0.29) is 6.10 Å². The van der Waals surface area contributed by atoms with Gasteiger partial charge in [-0.1, -0.05) is 25.1 Å². The fourth-order valence-electron chi connectivity index (χ4n) is 2.22. The van der Waals surface area contributed by atoms with Crippen LogP contribution in [0.5, 0.6) is 11.7 Å². The van der Waals surface area contributed by atoms with E-state index in [0.717, 1.165) is 24.5 Å². The highest BCUT2D eigenvalue weighted by molar-refractivity contribution is 5.26. The van der Waals surface area contributed by atoms with Crippen LogP contribution in [0.1, 0.15) is 26.0 Å². The van der Waals surface area contributed by atoms with Crippen LogP contribution in [0.3, 0.4) is 0 Å². The number of aliphatic hydroxyl groups excluding tert-OH is 1. The highest BCUT2D eigenvalue weighted by Gasteiger charge is 2.07. The summed E-state index contributed by atoms with van der Waals surface area (Å²) < 4.78 is 11.2. The van der Waals surface area contributed by atoms with Crippen LogP contribution in [0, 0.1) is 5.92 Å². The van der Waals surface area contributed by atoms with E-state index in [0.29, 0.717) is 18.4 Å². The number of furan rings is 1. The average molecular weight is 289 g/mol. The predicted octanol–water partition coefficient (Wildman–Crippen LogP) is 3.57. The predicted molar refractivity (Wildman–Crippen MR) is 82.4 cm³/mol. The fraction of sp³-hybridized carbons (Fsp3) is 0.412. The second-order valence-corrected chi connectivity index (χ2v) is 5.46. The number of nitrogens with one attached hydrogen (secondary N) is 1. The zero-order valence-corrected chi connectivity index (χ0v) is 12.6. The molecule has 0 aliphatic heterocycles. The van der Waals surface area contributed by atoms with E-state index < -0.39 is 0 Å². The lowest BCUT2D eigenvalue weighted by Crippen LogP contribution is -2.22. The molecular formula is C17H23NO3. The zero-order chi connectivity index (χ0) is 15.1. The zero-order valence-electron chi connectivity index (χ0n) is 12.6. The Kier molecular flexibility index (Phi) is 5.84. The molecule has 2 atom stereocenters. The highest BCUT2D eigenvalue weighted by Crippen LogP contribution is 2.23. The van der Waals surface area contributed by atoms with Gasteiger partial charge in [0.05, 0.1) is 12.6 Å². The smallest absolute Gasteiger partial charge is 0.290 e. The number of aliphatic hydroxyl groups is 1. The van der Waals surface area contributed by atoms with Crippen molar-refractivity contribution in [1.82, 2.24) is 5.32 Å². The molecular weight excluding hydrogens is 266 g/mol. The Hall–Kier alpha value is -1.78. The monoisotopic (exact) mass is 289 g/mol. The minimum absolute atomic E-state index is 0.253. The van der Waals surface area contributed by atoms with Crippen LogP contribution < -0.4 is 10.1 Å². The molecule has 114 valence electrons. The maximum Gasteiger partial charge on any atom is 0.290 e. The molecule has 1 aromatic heterocycles. The molecule has 0 aliphatic carbocycles. The molecule has 0 saturated heterocycles. The topological polar surface area (TPSA) is 54.6 Å². The van der Waals surface area contributed by atoms with Crippen LogP contribution in [-0.4, -0.2) is 17.8 Å². The number of para-hydroxylation sites is 1. The van der Waals surface area contributed by atoms with E-state index in [1.165, 1.54) is 0 Å². The lowest BCUT2D eigenvalue weighted by Gasteiger charge is -2.13. The molecule has 4 heteroatoms. The van der Waals surface area contributed by atoms with Crippen LogP contribution >= 0.6 is 0 Å². The van der Waals surface area contributed by atoms with Gasteiger partial charge < -0.3 is 19.6 Å². The van der Waals surface area contributed by atoms with Gasteiger partial charge in [-0.3, -0.25) is 0 Å². The van der Waals surface area contributed by atoms with Gasteiger partial charge in [0.1, 0.15) is 11.5 Å². The minimum atomic E-state index is -0.253. The van der Waals surface area contributed by atoms with Gasteiger partial charge in [-0.05, 0) is 44.0 Å². The summed E-state index contributed by atoms with van der Waals surface area (Å²) in [5.74, 6) is 2.53. The second-order valence-electron chi connectivity index (χ2n) is 5.46. The van der Waals surface area contributed by atoms with Crippen LogP contribution in [-0.2, 0) is 6.54 Å². The molecule has 2 N–H and O–H groups in total. The molecule has 0 fully saturated rings. The molecule has 0 saturated carbocycles. The van der Waals surface area contributed by atoms with Gasteiger partial charge in [0, 0.05) is 6.07 Å². The Morgan fingerprint density at radius 2 is 1.90 bits per heavy atom. The van der Waals surface area contributed by atoms with E-state index in [2.05, 4.69) is 12.2 Å². The Labute approximate surface area is 125 Å². The first-order valence-electron chi connectivity index (χ1n) is 7.34. The van der Waals surface area contributed by atoms with E-state index >= 15 is 0 Å². The van der Waals surface area contributed by atoms with E-state index in [4.69, 9.17) is 9.15 Å². The third-order valence-electron chi connectivity index (χ3n) is 3.13. The number of ether oxygens (including phenoxy) is 1. The summed E-state index contributed by atoms with van der Waals surface area (Å²) in [6.45, 7) is 5.44. The summed E-state index contributed by atoms with van der Waals surface area (Å²) in [5, 5.41) is 12.6. The van der Waals surface area contributed by atoms with Gasteiger partial charge in [0.25, 0.3) is 5.95 Å². The van der Waals surface area contributed by atoms with Crippen molar-refractivity contribution in [3.63, 3.8) is 0 Å². The van der Waals surface area contributed by atoms with Crippen molar-refractivity contribution in [1.29, 1.82) is 0 Å². The lowest BCUT2D eigenvalue weighted by molar-refractivity contribution is 0.163. The number of rotatable bonds is 8. The third kappa shape index (κ3) is 5.61. The first kappa shape index (κ1) is 15.6. The summed E-state index contributed by atoms with van der Waals surface area (Å²) in [6, 6.07) is 13.3. The standard InChI is InChI=1S/C17H23NO3/c1-13(10-14(2)19)11-18-12-16-8-9-17(21-16)20-15-6-4-3-5-7-15/h3-9,13-14,18-19H,10-12H2,1-2H3. The van der Waals surface area contributed by atoms with Crippen molar-refractivity contribution in [2.45, 2.75) is 32.9 Å². The molecule has 0 radical (unpaired) electrons. The maximum atomic E-state index is 9.32. The Morgan fingerprint density at radius 3 is 2.62 bits per heavy atom. The van der Waals surface area contributed by atoms with Crippen molar-refractivity contribution < 1.29 is 14.3 Å². The van der Waals surface area contributed by atoms with Crippen molar-refractivity contribution in [2.75, 3.05) is 6.54 Å². The lowest BCUT2D eigenvalue weighted by atomic mass is 10.1. The van der Waals surface area contributed by atoms with Crippen LogP contribution in [0.2, 0.25) is 0 Å². The summed E-state index contributed by atoms with van der Waals surface area (Å²) in [5.41, 5.74) is 0. The molecule has 0 aliphatic rings. The first-order valence-corrected chi connectivity index (χ1v) is 7.34. The largest absolute Gasteiger partial charge is 0.429 e. The fourth-order valence-corrected chi connectivity index (χ4v) is 2.22. The molecule has 21 heavy (non-hydrogen) atoms. The quantitative estimate of drug-likeness (QED) is 0.780. The molecule has 2 aromatic rings. The van der Waals surface area contributed by atoms with Crippen molar-refractivity contribution in [2.24, 2.45) is 5.92 Å². The Balaban J connectivity index is 1.76. The summed E-state index contributed by atoms with van der Waals surface area (Å²) in [4.78, 5) is 0. The SMILES string of the molecule is CC(O)CC(C)CNCc1ccc(Oc2ccccc2)o1. The van der Waals surface area contributed by atoms with Crippen molar-refractivity contribution in [3.05, 3.63) is 48.2 Å². The first-order chi connectivity index (χ1) is 10.1. The molecule has 2 rings (SSSR count). The molecule has 4 nitrogen and oxygen atoms in total. The minimum Gasteiger partial charge on any atom is -0.429 e.